The highest BCUT2D eigenvalue weighted by Gasteiger charge is 2.34. The minimum Gasteiger partial charge on any atom is -0.495 e. The minimum atomic E-state index is -0.192. The van der Waals surface area contributed by atoms with Crippen molar-refractivity contribution in [3.63, 3.8) is 0 Å². The molecular formula is C24H27N3O5. The number of rotatable bonds is 8. The normalized spacial score (nSPS) is 12.2. The summed E-state index contributed by atoms with van der Waals surface area (Å²) >= 11 is 0. The lowest BCUT2D eigenvalue weighted by atomic mass is 10.0. The molecule has 0 atom stereocenters. The minimum absolute atomic E-state index is 0.187. The number of fused-ring (bicyclic) bond motifs is 5. The quantitative estimate of drug-likeness (QED) is 0.424. The van der Waals surface area contributed by atoms with E-state index in [-0.39, 0.29) is 11.3 Å². The van der Waals surface area contributed by atoms with Gasteiger partial charge in [-0.2, -0.15) is 0 Å². The van der Waals surface area contributed by atoms with Gasteiger partial charge in [-0.25, -0.2) is 0 Å². The fraction of sp³-hybridized carbons (Fsp3) is 0.375. The molecule has 3 aromatic rings. The average Bonchev–Trinajstić information content (AvgIpc) is 3.09. The van der Waals surface area contributed by atoms with Crippen molar-refractivity contribution in [1.29, 1.82) is 0 Å². The van der Waals surface area contributed by atoms with Crippen molar-refractivity contribution in [2.75, 3.05) is 27.9 Å². The maximum atomic E-state index is 13.6. The molecule has 0 saturated carbocycles. The van der Waals surface area contributed by atoms with Crippen LogP contribution >= 0.6 is 0 Å². The van der Waals surface area contributed by atoms with Crippen LogP contribution in [0.3, 0.4) is 0 Å². The molecule has 0 aliphatic heterocycles. The van der Waals surface area contributed by atoms with Crippen LogP contribution in [-0.4, -0.2) is 49.3 Å². The van der Waals surface area contributed by atoms with E-state index in [1.165, 1.54) is 21.3 Å². The van der Waals surface area contributed by atoms with Crippen LogP contribution in [0.4, 0.5) is 0 Å². The van der Waals surface area contributed by atoms with Gasteiger partial charge in [0.1, 0.15) is 5.75 Å². The molecule has 0 fully saturated rings. The molecule has 168 valence electrons. The second-order valence-electron chi connectivity index (χ2n) is 8.00. The van der Waals surface area contributed by atoms with Crippen LogP contribution in [0.5, 0.6) is 17.2 Å². The second-order valence-corrected chi connectivity index (χ2v) is 8.00. The molecule has 0 radical (unpaired) electrons. The highest BCUT2D eigenvalue weighted by atomic mass is 16.5. The topological polar surface area (TPSA) is 91.7 Å². The van der Waals surface area contributed by atoms with Crippen molar-refractivity contribution in [3.05, 3.63) is 45.9 Å². The van der Waals surface area contributed by atoms with Gasteiger partial charge in [0, 0.05) is 18.0 Å². The molecule has 8 heteroatoms. The molecule has 2 aromatic heterocycles. The summed E-state index contributed by atoms with van der Waals surface area (Å²) in [6.07, 6.45) is 2.29. The Hall–Kier alpha value is -3.39. The number of hydrogen-bond acceptors (Lipinski definition) is 7. The third-order valence-electron chi connectivity index (χ3n) is 5.68. The maximum absolute atomic E-state index is 13.6. The summed E-state index contributed by atoms with van der Waals surface area (Å²) in [4.78, 5) is 31.6. The van der Waals surface area contributed by atoms with E-state index in [9.17, 15) is 9.59 Å². The Kier molecular flexibility index (Phi) is 5.88. The van der Waals surface area contributed by atoms with Crippen molar-refractivity contribution in [2.24, 2.45) is 0 Å². The van der Waals surface area contributed by atoms with Gasteiger partial charge in [0.05, 0.1) is 55.4 Å². The maximum Gasteiger partial charge on any atom is 0.259 e. The van der Waals surface area contributed by atoms with E-state index in [2.05, 4.69) is 24.1 Å². The van der Waals surface area contributed by atoms with Gasteiger partial charge in [0.2, 0.25) is 0 Å². The van der Waals surface area contributed by atoms with Gasteiger partial charge in [-0.15, -0.1) is 0 Å². The van der Waals surface area contributed by atoms with Gasteiger partial charge in [-0.1, -0.05) is 13.8 Å². The van der Waals surface area contributed by atoms with Crippen LogP contribution in [0.2, 0.25) is 0 Å². The molecular weight excluding hydrogens is 410 g/mol. The summed E-state index contributed by atoms with van der Waals surface area (Å²) in [6, 6.07) is 5.36. The van der Waals surface area contributed by atoms with Crippen molar-refractivity contribution < 1.29 is 19.0 Å². The first-order chi connectivity index (χ1) is 15.4. The van der Waals surface area contributed by atoms with Gasteiger partial charge in [0.25, 0.3) is 5.56 Å². The average molecular weight is 437 g/mol. The van der Waals surface area contributed by atoms with E-state index in [4.69, 9.17) is 14.2 Å². The summed E-state index contributed by atoms with van der Waals surface area (Å²) in [5, 5.41) is 4.30. The summed E-state index contributed by atoms with van der Waals surface area (Å²) in [5.74, 6) is 1.19. The van der Waals surface area contributed by atoms with Gasteiger partial charge in [0.15, 0.2) is 17.3 Å². The van der Waals surface area contributed by atoms with Gasteiger partial charge in [-0.3, -0.25) is 14.6 Å². The van der Waals surface area contributed by atoms with Crippen molar-refractivity contribution >= 4 is 16.6 Å². The predicted octanol–water partition coefficient (Wildman–Crippen LogP) is 3.02. The third-order valence-corrected chi connectivity index (χ3v) is 5.68. The Morgan fingerprint density at radius 1 is 1.00 bits per heavy atom. The molecule has 1 N–H and O–H groups in total. The van der Waals surface area contributed by atoms with Crippen LogP contribution in [0.15, 0.2) is 29.2 Å². The van der Waals surface area contributed by atoms with Crippen molar-refractivity contribution in [2.45, 2.75) is 32.9 Å². The molecule has 2 heterocycles. The summed E-state index contributed by atoms with van der Waals surface area (Å²) in [7, 11) is 4.57. The van der Waals surface area contributed by atoms with Crippen LogP contribution in [0.1, 0.15) is 36.2 Å². The van der Waals surface area contributed by atoms with Crippen LogP contribution < -0.4 is 25.1 Å². The fourth-order valence-corrected chi connectivity index (χ4v) is 4.14. The predicted molar refractivity (Wildman–Crippen MR) is 122 cm³/mol. The summed E-state index contributed by atoms with van der Waals surface area (Å²) in [6.45, 7) is 5.35. The molecule has 0 unspecified atom stereocenters. The van der Waals surface area contributed by atoms with Crippen LogP contribution in [0.25, 0.3) is 22.2 Å². The first kappa shape index (κ1) is 21.8. The number of aromatic nitrogens is 2. The highest BCUT2D eigenvalue weighted by molar-refractivity contribution is 6.26. The number of nitrogens with zero attached hydrogens (tertiary/aromatic N) is 2. The lowest BCUT2D eigenvalue weighted by Crippen LogP contribution is -2.28. The number of carbonyl (C=O) groups excluding carboxylic acids is 1. The zero-order valence-corrected chi connectivity index (χ0v) is 18.9. The monoisotopic (exact) mass is 437 g/mol. The van der Waals surface area contributed by atoms with Crippen molar-refractivity contribution in [3.8, 4) is 28.6 Å². The lowest BCUT2D eigenvalue weighted by Gasteiger charge is -2.17. The number of methoxy groups -OCH3 is 3. The van der Waals surface area contributed by atoms with Crippen LogP contribution in [0, 0.1) is 0 Å². The molecule has 0 spiro atoms. The Morgan fingerprint density at radius 2 is 1.69 bits per heavy atom. The number of hydrogen-bond donors (Lipinski definition) is 1. The molecule has 32 heavy (non-hydrogen) atoms. The number of ether oxygens (including phenoxy) is 3. The molecule has 8 nitrogen and oxygen atoms in total. The standard InChI is InChI=1S/C24H27N3O5/c1-13(2)25-7-6-8-27-22-20(23(28)17-9-14(30-3)12-26-21(17)22)15-10-18(31-4)19(32-5)11-16(15)24(27)29/h9-13,25H,6-8H2,1-5H3. The summed E-state index contributed by atoms with van der Waals surface area (Å²) < 4.78 is 17.8. The first-order valence-electron chi connectivity index (χ1n) is 10.6. The Balaban J connectivity index is 1.98. The molecule has 0 saturated heterocycles. The number of pyridine rings is 2. The van der Waals surface area contributed by atoms with E-state index >= 15 is 0 Å². The SMILES string of the molecule is COc1cnc2c(c1)C(=O)c1c-2n(CCCNC(C)C)c(=O)c2cc(OC)c(OC)cc12. The highest BCUT2D eigenvalue weighted by Crippen LogP contribution is 2.42. The lowest BCUT2D eigenvalue weighted by molar-refractivity contribution is 0.104. The smallest absolute Gasteiger partial charge is 0.259 e. The fourth-order valence-electron chi connectivity index (χ4n) is 4.14. The molecule has 1 aliphatic rings. The zero-order valence-electron chi connectivity index (χ0n) is 18.9. The van der Waals surface area contributed by atoms with Crippen LogP contribution in [-0.2, 0) is 6.54 Å². The number of ketones is 1. The third kappa shape index (κ3) is 3.50. The Labute approximate surface area is 186 Å². The van der Waals surface area contributed by atoms with E-state index in [1.807, 2.05) is 0 Å². The summed E-state index contributed by atoms with van der Waals surface area (Å²) in [5.41, 5.74) is 1.73. The Morgan fingerprint density at radius 3 is 2.31 bits per heavy atom. The van der Waals surface area contributed by atoms with Gasteiger partial charge in [-0.05, 0) is 31.2 Å². The largest absolute Gasteiger partial charge is 0.495 e. The second kappa shape index (κ2) is 8.63. The molecule has 1 aromatic carbocycles. The van der Waals surface area contributed by atoms with Crippen molar-refractivity contribution in [1.82, 2.24) is 14.9 Å². The first-order valence-corrected chi connectivity index (χ1v) is 10.6. The van der Waals surface area contributed by atoms with E-state index in [0.717, 1.165) is 13.0 Å². The zero-order chi connectivity index (χ0) is 23.0. The molecule has 4 rings (SSSR count). The number of carbonyl (C=O) groups is 1. The number of benzene rings is 1. The van der Waals surface area contributed by atoms with E-state index in [0.29, 0.717) is 63.1 Å². The van der Waals surface area contributed by atoms with Gasteiger partial charge >= 0.3 is 0 Å². The Bertz CT molecular complexity index is 1260. The molecule has 0 bridgehead atoms. The van der Waals surface area contributed by atoms with Gasteiger partial charge < -0.3 is 24.1 Å². The number of nitrogens with one attached hydrogen (secondary N) is 1. The van der Waals surface area contributed by atoms with E-state index in [1.54, 1.807) is 29.0 Å². The molecule has 0 amide bonds. The van der Waals surface area contributed by atoms with E-state index < -0.39 is 0 Å². The molecule has 1 aliphatic carbocycles.